The van der Waals surface area contributed by atoms with Crippen LogP contribution in [0.4, 0.5) is 26.3 Å². The molecule has 38 heavy (non-hydrogen) atoms. The highest BCUT2D eigenvalue weighted by Crippen LogP contribution is 2.35. The Balaban J connectivity index is 1.80. The molecule has 2 aromatic carbocycles. The van der Waals surface area contributed by atoms with Gasteiger partial charge in [-0.25, -0.2) is 8.42 Å². The van der Waals surface area contributed by atoms with Crippen LogP contribution in [-0.4, -0.2) is 36.6 Å². The van der Waals surface area contributed by atoms with Gasteiger partial charge in [0.1, 0.15) is 0 Å². The van der Waals surface area contributed by atoms with Gasteiger partial charge in [-0.15, -0.1) is 0 Å². The van der Waals surface area contributed by atoms with Crippen LogP contribution < -0.4 is 0 Å². The molecule has 5 nitrogen and oxygen atoms in total. The number of sulfonamides is 1. The Bertz CT molecular complexity index is 1510. The first-order chi connectivity index (χ1) is 17.8. The zero-order chi connectivity index (χ0) is 27.7. The van der Waals surface area contributed by atoms with Crippen LogP contribution in [-0.2, 0) is 27.2 Å². The van der Waals surface area contributed by atoms with E-state index >= 15 is 0 Å². The predicted molar refractivity (Wildman–Crippen MR) is 127 cm³/mol. The third-order valence-electron chi connectivity index (χ3n) is 5.74. The van der Waals surface area contributed by atoms with Crippen molar-refractivity contribution < 1.29 is 39.6 Å². The summed E-state index contributed by atoms with van der Waals surface area (Å²) in [6, 6.07) is 10.4. The van der Waals surface area contributed by atoms with Crippen LogP contribution in [0, 0.1) is 0 Å². The minimum absolute atomic E-state index is 0.0336. The SMILES string of the molecule is O=C1/C(=C/c2ccncc2)CN(S(=O)(=O)c2ccc(C(F)(F)F)cc2)C/C1=C\c1ccccc1C(F)(F)F. The number of hydrogen-bond donors (Lipinski definition) is 0. The summed E-state index contributed by atoms with van der Waals surface area (Å²) in [7, 11) is -4.44. The Morgan fingerprint density at radius 2 is 1.34 bits per heavy atom. The van der Waals surface area contributed by atoms with Gasteiger partial charge in [0.15, 0.2) is 5.78 Å². The van der Waals surface area contributed by atoms with Crippen molar-refractivity contribution >= 4 is 28.0 Å². The quantitative estimate of drug-likeness (QED) is 0.301. The molecule has 0 radical (unpaired) electrons. The average molecular weight is 552 g/mol. The van der Waals surface area contributed by atoms with E-state index in [0.717, 1.165) is 34.6 Å². The van der Waals surface area contributed by atoms with E-state index in [-0.39, 0.29) is 16.7 Å². The zero-order valence-electron chi connectivity index (χ0n) is 19.3. The smallest absolute Gasteiger partial charge is 0.289 e. The Hall–Kier alpha value is -3.77. The number of rotatable bonds is 4. The summed E-state index contributed by atoms with van der Waals surface area (Å²) >= 11 is 0. The fourth-order valence-corrected chi connectivity index (χ4v) is 5.27. The highest BCUT2D eigenvalue weighted by atomic mass is 32.2. The number of hydrogen-bond acceptors (Lipinski definition) is 4. The van der Waals surface area contributed by atoms with E-state index in [1.807, 2.05) is 0 Å². The molecule has 1 aliphatic rings. The lowest BCUT2D eigenvalue weighted by Crippen LogP contribution is -2.41. The molecule has 4 rings (SSSR count). The van der Waals surface area contributed by atoms with Gasteiger partial charge in [0.05, 0.1) is 16.0 Å². The highest BCUT2D eigenvalue weighted by molar-refractivity contribution is 7.89. The normalized spacial score (nSPS) is 17.8. The zero-order valence-corrected chi connectivity index (χ0v) is 20.1. The van der Waals surface area contributed by atoms with Crippen molar-refractivity contribution in [1.29, 1.82) is 0 Å². The molecule has 1 fully saturated rings. The van der Waals surface area contributed by atoms with Crippen LogP contribution >= 0.6 is 0 Å². The van der Waals surface area contributed by atoms with Crippen molar-refractivity contribution in [2.24, 2.45) is 0 Å². The van der Waals surface area contributed by atoms with Crippen LogP contribution in [0.1, 0.15) is 22.3 Å². The number of halogens is 6. The summed E-state index contributed by atoms with van der Waals surface area (Å²) in [5, 5.41) is 0. The molecule has 1 saturated heterocycles. The van der Waals surface area contributed by atoms with Crippen molar-refractivity contribution in [2.45, 2.75) is 17.2 Å². The third kappa shape index (κ3) is 5.86. The third-order valence-corrected chi connectivity index (χ3v) is 7.54. The second kappa shape index (κ2) is 10.2. The van der Waals surface area contributed by atoms with Gasteiger partial charge < -0.3 is 0 Å². The summed E-state index contributed by atoms with van der Waals surface area (Å²) in [6.07, 6.45) is -4.16. The second-order valence-corrected chi connectivity index (χ2v) is 10.3. The lowest BCUT2D eigenvalue weighted by molar-refractivity contribution is -0.138. The van der Waals surface area contributed by atoms with Gasteiger partial charge in [-0.05, 0) is 65.7 Å². The minimum Gasteiger partial charge on any atom is -0.289 e. The van der Waals surface area contributed by atoms with Crippen LogP contribution in [0.2, 0.25) is 0 Å². The summed E-state index contributed by atoms with van der Waals surface area (Å²) in [5.74, 6) is -0.655. The molecule has 0 amide bonds. The van der Waals surface area contributed by atoms with Gasteiger partial charge in [-0.1, -0.05) is 18.2 Å². The molecule has 0 spiro atoms. The lowest BCUT2D eigenvalue weighted by Gasteiger charge is -2.29. The molecule has 12 heteroatoms. The molecule has 0 aliphatic carbocycles. The fraction of sp³-hybridized carbons (Fsp3) is 0.154. The van der Waals surface area contributed by atoms with E-state index in [1.54, 1.807) is 12.1 Å². The molecule has 1 aromatic heterocycles. The van der Waals surface area contributed by atoms with Gasteiger partial charge in [0, 0.05) is 36.6 Å². The highest BCUT2D eigenvalue weighted by Gasteiger charge is 2.37. The van der Waals surface area contributed by atoms with Gasteiger partial charge in [0.2, 0.25) is 10.0 Å². The number of ketones is 1. The molecule has 0 unspecified atom stereocenters. The molecular formula is C26H18F6N2O3S. The van der Waals surface area contributed by atoms with Crippen molar-refractivity contribution in [3.8, 4) is 0 Å². The van der Waals surface area contributed by atoms with Crippen molar-refractivity contribution in [3.63, 3.8) is 0 Å². The van der Waals surface area contributed by atoms with E-state index in [4.69, 9.17) is 0 Å². The number of alkyl halides is 6. The Kier molecular flexibility index (Phi) is 7.31. The van der Waals surface area contributed by atoms with Crippen molar-refractivity contribution in [2.75, 3.05) is 13.1 Å². The maximum Gasteiger partial charge on any atom is 0.416 e. The number of carbonyl (C=O) groups excluding carboxylic acids is 1. The molecule has 3 aromatic rings. The van der Waals surface area contributed by atoms with E-state index in [9.17, 15) is 39.6 Å². The summed E-state index contributed by atoms with van der Waals surface area (Å²) < 4.78 is 107. The number of carbonyl (C=O) groups is 1. The molecule has 0 bridgehead atoms. The molecule has 0 atom stereocenters. The van der Waals surface area contributed by atoms with Crippen LogP contribution in [0.15, 0.2) is 89.1 Å². The summed E-state index contributed by atoms with van der Waals surface area (Å²) in [4.78, 5) is 16.7. The fourth-order valence-electron chi connectivity index (χ4n) is 3.87. The molecule has 198 valence electrons. The van der Waals surface area contributed by atoms with Gasteiger partial charge >= 0.3 is 12.4 Å². The summed E-state index contributed by atoms with van der Waals surface area (Å²) in [5.41, 5.74) is -2.17. The lowest BCUT2D eigenvalue weighted by atomic mass is 9.94. The Morgan fingerprint density at radius 1 is 0.763 bits per heavy atom. The maximum absolute atomic E-state index is 13.5. The molecule has 2 heterocycles. The monoisotopic (exact) mass is 552 g/mol. The van der Waals surface area contributed by atoms with Crippen molar-refractivity contribution in [1.82, 2.24) is 9.29 Å². The number of pyridine rings is 1. The van der Waals surface area contributed by atoms with E-state index in [1.165, 1.54) is 30.6 Å². The topological polar surface area (TPSA) is 67.3 Å². The number of aromatic nitrogens is 1. The van der Waals surface area contributed by atoms with E-state index in [2.05, 4.69) is 4.98 Å². The predicted octanol–water partition coefficient (Wildman–Crippen LogP) is 5.86. The van der Waals surface area contributed by atoms with Gasteiger partial charge in [-0.2, -0.15) is 30.6 Å². The van der Waals surface area contributed by atoms with Crippen LogP contribution in [0.25, 0.3) is 12.2 Å². The molecular weight excluding hydrogens is 534 g/mol. The van der Waals surface area contributed by atoms with Crippen LogP contribution in [0.3, 0.4) is 0 Å². The van der Waals surface area contributed by atoms with Crippen LogP contribution in [0.5, 0.6) is 0 Å². The van der Waals surface area contributed by atoms with E-state index < -0.39 is 57.3 Å². The first kappa shape index (κ1) is 27.3. The second-order valence-electron chi connectivity index (χ2n) is 8.33. The first-order valence-corrected chi connectivity index (χ1v) is 12.4. The number of Topliss-reactive ketones (excluding diaryl/α,β-unsaturated/α-hetero) is 1. The minimum atomic E-state index is -4.73. The van der Waals surface area contributed by atoms with Gasteiger partial charge in [0.25, 0.3) is 0 Å². The number of benzene rings is 2. The largest absolute Gasteiger partial charge is 0.416 e. The Labute approximate surface area is 213 Å². The molecule has 0 saturated carbocycles. The number of piperidine rings is 1. The summed E-state index contributed by atoms with van der Waals surface area (Å²) in [6.45, 7) is -1.02. The van der Waals surface area contributed by atoms with E-state index in [0.29, 0.717) is 17.7 Å². The maximum atomic E-state index is 13.5. The Morgan fingerprint density at radius 3 is 1.92 bits per heavy atom. The standard InChI is InChI=1S/C26H18F6N2O3S/c27-25(28,29)21-5-7-22(8-6-21)38(36,37)34-15-19(13-17-9-11-33-12-10-17)24(35)20(16-34)14-18-3-1-2-4-23(18)26(30,31)32/h1-14H,15-16H2/b19-13+,20-14+. The molecule has 1 aliphatic heterocycles. The van der Waals surface area contributed by atoms with Crippen molar-refractivity contribution in [3.05, 3.63) is 106 Å². The number of nitrogens with zero attached hydrogens (tertiary/aromatic N) is 2. The van der Waals surface area contributed by atoms with Gasteiger partial charge in [-0.3, -0.25) is 9.78 Å². The first-order valence-electron chi connectivity index (χ1n) is 11.0. The average Bonchev–Trinajstić information content (AvgIpc) is 2.86. The molecule has 0 N–H and O–H groups in total.